The molecule has 0 aromatic rings. The summed E-state index contributed by atoms with van der Waals surface area (Å²) < 4.78 is 14.1. The molecule has 1 heterocycles. The van der Waals surface area contributed by atoms with E-state index in [0.29, 0.717) is 0 Å². The number of allylic oxidation sites excluding steroid dienone is 1. The first kappa shape index (κ1) is 9.10. The second-order valence-electron chi connectivity index (χ2n) is 3.40. The molecule has 1 rings (SSSR count). The molecule has 0 saturated heterocycles. The lowest BCUT2D eigenvalue weighted by Gasteiger charge is -2.13. The number of rotatable bonds is 1. The van der Waals surface area contributed by atoms with Crippen molar-refractivity contribution in [2.75, 3.05) is 7.05 Å². The van der Waals surface area contributed by atoms with E-state index >= 15 is 0 Å². The minimum Gasteiger partial charge on any atom is -0.219 e. The molecule has 1 unspecified atom stereocenters. The topological polar surface area (TPSA) is 20.1 Å². The van der Waals surface area contributed by atoms with Crippen molar-refractivity contribution in [1.82, 2.24) is 0 Å². The minimum atomic E-state index is -0.323. The van der Waals surface area contributed by atoms with Gasteiger partial charge in [-0.3, -0.25) is 0 Å². The normalized spacial score (nSPS) is 24.1. The molecule has 0 fully saturated rings. The van der Waals surface area contributed by atoms with Gasteiger partial charge in [-0.05, 0) is 12.0 Å². The van der Waals surface area contributed by atoms with Crippen LogP contribution in [0.2, 0.25) is 0 Å². The van der Waals surface area contributed by atoms with Gasteiger partial charge in [0.1, 0.15) is 13.0 Å². The number of nitrogens with zero attached hydrogens (tertiary/aromatic N) is 1. The SMILES string of the molecule is CC(C)C1C=C(F)C=[N+](C)C1=O. The van der Waals surface area contributed by atoms with Crippen LogP contribution in [0.1, 0.15) is 13.8 Å². The fourth-order valence-electron chi connectivity index (χ4n) is 1.25. The lowest BCUT2D eigenvalue weighted by atomic mass is 9.93. The molecule has 2 nitrogen and oxygen atoms in total. The zero-order chi connectivity index (χ0) is 9.30. The summed E-state index contributed by atoms with van der Waals surface area (Å²) in [5, 5.41) is 0. The Morgan fingerprint density at radius 3 is 2.67 bits per heavy atom. The molecule has 0 aromatic carbocycles. The van der Waals surface area contributed by atoms with E-state index in [1.807, 2.05) is 13.8 Å². The molecule has 0 aliphatic carbocycles. The number of hydrogen-bond acceptors (Lipinski definition) is 1. The molecule has 3 heteroatoms. The van der Waals surface area contributed by atoms with Gasteiger partial charge in [0.05, 0.1) is 0 Å². The first-order valence-electron chi connectivity index (χ1n) is 4.01. The first-order valence-corrected chi connectivity index (χ1v) is 4.01. The van der Waals surface area contributed by atoms with Gasteiger partial charge in [-0.25, -0.2) is 9.18 Å². The van der Waals surface area contributed by atoms with Crippen molar-refractivity contribution < 1.29 is 13.8 Å². The van der Waals surface area contributed by atoms with E-state index < -0.39 is 0 Å². The predicted octanol–water partition coefficient (Wildman–Crippen LogP) is 1.37. The Bertz CT molecular complexity index is 266. The highest BCUT2D eigenvalue weighted by atomic mass is 19.1. The minimum absolute atomic E-state index is 0.0357. The summed E-state index contributed by atoms with van der Waals surface area (Å²) in [6, 6.07) is 0. The molecular weight excluding hydrogens is 157 g/mol. The second kappa shape index (κ2) is 3.17. The smallest absolute Gasteiger partial charge is 0.219 e. The van der Waals surface area contributed by atoms with Crippen LogP contribution in [0.4, 0.5) is 4.39 Å². The standard InChI is InChI=1S/C9H13FNO/c1-6(2)8-4-7(10)5-11(3)9(8)12/h4-6,8H,1-3H3/q+1. The number of hydrogen-bond donors (Lipinski definition) is 0. The Labute approximate surface area is 71.4 Å². The highest BCUT2D eigenvalue weighted by Crippen LogP contribution is 2.18. The average molecular weight is 170 g/mol. The lowest BCUT2D eigenvalue weighted by molar-refractivity contribution is -0.419. The van der Waals surface area contributed by atoms with Crippen molar-refractivity contribution >= 4 is 12.1 Å². The number of halogens is 1. The molecule has 0 N–H and O–H groups in total. The fourth-order valence-corrected chi connectivity index (χ4v) is 1.25. The van der Waals surface area contributed by atoms with Crippen LogP contribution in [-0.4, -0.2) is 23.7 Å². The molecule has 1 atom stereocenters. The van der Waals surface area contributed by atoms with E-state index in [9.17, 15) is 9.18 Å². The summed E-state index contributed by atoms with van der Waals surface area (Å²) in [7, 11) is 1.57. The van der Waals surface area contributed by atoms with Crippen molar-refractivity contribution in [2.45, 2.75) is 13.8 Å². The van der Waals surface area contributed by atoms with Gasteiger partial charge < -0.3 is 0 Å². The maximum Gasteiger partial charge on any atom is 0.394 e. The van der Waals surface area contributed by atoms with Gasteiger partial charge in [-0.1, -0.05) is 13.8 Å². The third-order valence-electron chi connectivity index (χ3n) is 2.01. The van der Waals surface area contributed by atoms with E-state index in [4.69, 9.17) is 0 Å². The number of carbonyl (C=O) groups is 1. The Morgan fingerprint density at radius 2 is 2.17 bits per heavy atom. The monoisotopic (exact) mass is 170 g/mol. The van der Waals surface area contributed by atoms with Crippen LogP contribution < -0.4 is 0 Å². The van der Waals surface area contributed by atoms with Crippen molar-refractivity contribution in [3.05, 3.63) is 11.9 Å². The van der Waals surface area contributed by atoms with Crippen molar-refractivity contribution in [3.63, 3.8) is 0 Å². The van der Waals surface area contributed by atoms with Crippen molar-refractivity contribution in [3.8, 4) is 0 Å². The van der Waals surface area contributed by atoms with Crippen LogP contribution in [0.15, 0.2) is 11.9 Å². The van der Waals surface area contributed by atoms with E-state index in [1.54, 1.807) is 7.05 Å². The van der Waals surface area contributed by atoms with Gasteiger partial charge in [0, 0.05) is 0 Å². The Balaban J connectivity index is 2.94. The van der Waals surface area contributed by atoms with Crippen molar-refractivity contribution in [2.24, 2.45) is 11.8 Å². The average Bonchev–Trinajstić information content (AvgIpc) is 1.96. The summed E-state index contributed by atoms with van der Waals surface area (Å²) in [6.45, 7) is 3.82. The van der Waals surface area contributed by atoms with Crippen molar-refractivity contribution in [1.29, 1.82) is 0 Å². The second-order valence-corrected chi connectivity index (χ2v) is 3.40. The zero-order valence-corrected chi connectivity index (χ0v) is 7.54. The molecule has 66 valence electrons. The quantitative estimate of drug-likeness (QED) is 0.544. The summed E-state index contributed by atoms with van der Waals surface area (Å²) >= 11 is 0. The molecule has 0 spiro atoms. The molecule has 0 bridgehead atoms. The predicted molar refractivity (Wildman–Crippen MR) is 44.8 cm³/mol. The van der Waals surface area contributed by atoms with Gasteiger partial charge in [-0.15, -0.1) is 0 Å². The van der Waals surface area contributed by atoms with E-state index in [1.165, 1.54) is 16.9 Å². The van der Waals surface area contributed by atoms with Crippen LogP contribution >= 0.6 is 0 Å². The first-order chi connectivity index (χ1) is 5.52. The van der Waals surface area contributed by atoms with E-state index in [0.717, 1.165) is 0 Å². The fraction of sp³-hybridized carbons (Fsp3) is 0.556. The van der Waals surface area contributed by atoms with Gasteiger partial charge in [-0.2, -0.15) is 4.58 Å². The van der Waals surface area contributed by atoms with Crippen LogP contribution in [0.3, 0.4) is 0 Å². The molecule has 0 saturated carbocycles. The highest BCUT2D eigenvalue weighted by Gasteiger charge is 2.31. The summed E-state index contributed by atoms with van der Waals surface area (Å²) in [5.74, 6) is -0.512. The van der Waals surface area contributed by atoms with Crippen LogP contribution in [0, 0.1) is 11.8 Å². The molecule has 1 aliphatic heterocycles. The number of amides is 1. The summed E-state index contributed by atoms with van der Waals surface area (Å²) in [6.07, 6.45) is 2.59. The summed E-state index contributed by atoms with van der Waals surface area (Å²) in [5.41, 5.74) is 0. The largest absolute Gasteiger partial charge is 0.394 e. The molecular formula is C9H13FNO+. The Hall–Kier alpha value is -0.990. The van der Waals surface area contributed by atoms with Crippen LogP contribution in [0.5, 0.6) is 0 Å². The van der Waals surface area contributed by atoms with Gasteiger partial charge >= 0.3 is 5.91 Å². The van der Waals surface area contributed by atoms with Gasteiger partial charge in [0.15, 0.2) is 5.83 Å². The Kier molecular flexibility index (Phi) is 2.40. The zero-order valence-electron chi connectivity index (χ0n) is 7.54. The Morgan fingerprint density at radius 1 is 1.58 bits per heavy atom. The van der Waals surface area contributed by atoms with E-state index in [-0.39, 0.29) is 23.6 Å². The van der Waals surface area contributed by atoms with Crippen LogP contribution in [-0.2, 0) is 4.79 Å². The van der Waals surface area contributed by atoms with E-state index in [2.05, 4.69) is 0 Å². The maximum atomic E-state index is 12.8. The molecule has 12 heavy (non-hydrogen) atoms. The van der Waals surface area contributed by atoms with Crippen LogP contribution in [0.25, 0.3) is 0 Å². The third-order valence-corrected chi connectivity index (χ3v) is 2.01. The highest BCUT2D eigenvalue weighted by molar-refractivity contribution is 5.85. The molecule has 0 radical (unpaired) electrons. The number of carbonyl (C=O) groups excluding carboxylic acids is 1. The maximum absolute atomic E-state index is 12.8. The molecule has 1 aliphatic rings. The molecule has 0 aromatic heterocycles. The third kappa shape index (κ3) is 1.60. The van der Waals surface area contributed by atoms with Gasteiger partial charge in [0.2, 0.25) is 6.21 Å². The lowest BCUT2D eigenvalue weighted by Crippen LogP contribution is -2.31. The molecule has 1 amide bonds. The van der Waals surface area contributed by atoms with Gasteiger partial charge in [0.25, 0.3) is 0 Å². The summed E-state index contributed by atoms with van der Waals surface area (Å²) in [4.78, 5) is 11.4.